The van der Waals surface area contributed by atoms with Gasteiger partial charge in [0.2, 0.25) is 5.95 Å². The van der Waals surface area contributed by atoms with Gasteiger partial charge in [0.15, 0.2) is 5.69 Å². The average molecular weight is 359 g/mol. The van der Waals surface area contributed by atoms with Gasteiger partial charge in [0.05, 0.1) is 11.0 Å². The smallest absolute Gasteiger partial charge is 0.352 e. The van der Waals surface area contributed by atoms with Crippen LogP contribution in [0.25, 0.3) is 0 Å². The van der Waals surface area contributed by atoms with Crippen LogP contribution in [0.3, 0.4) is 0 Å². The molecule has 0 unspecified atom stereocenters. The summed E-state index contributed by atoms with van der Waals surface area (Å²) in [6.45, 7) is 3.36. The number of rotatable bonds is 5. The number of benzene rings is 1. The van der Waals surface area contributed by atoms with Crippen LogP contribution in [-0.2, 0) is 6.18 Å². The highest BCUT2D eigenvalue weighted by Gasteiger charge is 2.34. The Morgan fingerprint density at radius 1 is 1.20 bits per heavy atom. The van der Waals surface area contributed by atoms with Crippen molar-refractivity contribution >= 4 is 23.1 Å². The number of hydrogen-bond acceptors (Lipinski definition) is 6. The SMILES string of the molecule is CC(C)Nc1nc(Nc2ccc(F)cc2[N+](=O)[O-])cc(C(F)(F)F)n1. The standard InChI is InChI=1S/C14H13F4N5O2/c1-7(2)19-13-21-11(14(16,17)18)6-12(22-13)20-9-4-3-8(15)5-10(9)23(24)25/h3-7H,1-2H3,(H2,19,20,21,22). The molecule has 0 aliphatic heterocycles. The maximum absolute atomic E-state index is 13.2. The Labute approximate surface area is 139 Å². The van der Waals surface area contributed by atoms with E-state index in [4.69, 9.17) is 0 Å². The molecule has 134 valence electrons. The largest absolute Gasteiger partial charge is 0.433 e. The maximum atomic E-state index is 13.2. The van der Waals surface area contributed by atoms with Crippen molar-refractivity contribution in [1.82, 2.24) is 9.97 Å². The Morgan fingerprint density at radius 2 is 1.88 bits per heavy atom. The number of anilines is 3. The molecule has 0 aliphatic rings. The van der Waals surface area contributed by atoms with Gasteiger partial charge < -0.3 is 10.6 Å². The number of nitro groups is 1. The predicted octanol–water partition coefficient (Wildman–Crippen LogP) is 4.11. The molecule has 0 aliphatic carbocycles. The summed E-state index contributed by atoms with van der Waals surface area (Å²) in [6, 6.07) is 3.00. The second kappa shape index (κ2) is 6.87. The van der Waals surface area contributed by atoms with E-state index in [-0.39, 0.29) is 23.5 Å². The van der Waals surface area contributed by atoms with E-state index in [1.807, 2.05) is 0 Å². The maximum Gasteiger partial charge on any atom is 0.433 e. The van der Waals surface area contributed by atoms with E-state index in [1.54, 1.807) is 13.8 Å². The zero-order valence-corrected chi connectivity index (χ0v) is 13.1. The molecule has 1 aromatic heterocycles. The van der Waals surface area contributed by atoms with E-state index in [0.29, 0.717) is 12.1 Å². The second-order valence-electron chi connectivity index (χ2n) is 5.30. The monoisotopic (exact) mass is 359 g/mol. The molecule has 25 heavy (non-hydrogen) atoms. The molecule has 1 aromatic carbocycles. The third kappa shape index (κ3) is 4.75. The minimum absolute atomic E-state index is 0.200. The number of halogens is 4. The molecule has 1 heterocycles. The topological polar surface area (TPSA) is 93.0 Å². The van der Waals surface area contributed by atoms with E-state index in [0.717, 1.165) is 12.1 Å². The van der Waals surface area contributed by atoms with Gasteiger partial charge in [0.25, 0.3) is 5.69 Å². The summed E-state index contributed by atoms with van der Waals surface area (Å²) < 4.78 is 52.1. The first-order valence-electron chi connectivity index (χ1n) is 7.00. The lowest BCUT2D eigenvalue weighted by Gasteiger charge is -2.14. The van der Waals surface area contributed by atoms with Crippen molar-refractivity contribution < 1.29 is 22.5 Å². The van der Waals surface area contributed by atoms with Crippen molar-refractivity contribution in [3.8, 4) is 0 Å². The molecule has 0 amide bonds. The van der Waals surface area contributed by atoms with Gasteiger partial charge in [-0.25, -0.2) is 9.37 Å². The minimum Gasteiger partial charge on any atom is -0.352 e. The Kier molecular flexibility index (Phi) is 5.04. The molecule has 0 bridgehead atoms. The number of aromatic nitrogens is 2. The van der Waals surface area contributed by atoms with Gasteiger partial charge in [-0.2, -0.15) is 18.2 Å². The second-order valence-corrected chi connectivity index (χ2v) is 5.30. The normalized spacial score (nSPS) is 11.5. The zero-order chi connectivity index (χ0) is 18.8. The molecule has 0 spiro atoms. The first-order chi connectivity index (χ1) is 11.6. The molecule has 0 atom stereocenters. The third-order valence-electron chi connectivity index (χ3n) is 2.85. The highest BCUT2D eigenvalue weighted by molar-refractivity contribution is 5.68. The molecule has 2 rings (SSSR count). The van der Waals surface area contributed by atoms with E-state index in [2.05, 4.69) is 20.6 Å². The van der Waals surface area contributed by atoms with Crippen LogP contribution >= 0.6 is 0 Å². The summed E-state index contributed by atoms with van der Waals surface area (Å²) in [4.78, 5) is 17.4. The van der Waals surface area contributed by atoms with Crippen LogP contribution < -0.4 is 10.6 Å². The van der Waals surface area contributed by atoms with Crippen molar-refractivity contribution in [2.24, 2.45) is 0 Å². The van der Waals surface area contributed by atoms with Gasteiger partial charge >= 0.3 is 6.18 Å². The highest BCUT2D eigenvalue weighted by Crippen LogP contribution is 2.32. The van der Waals surface area contributed by atoms with Crippen molar-refractivity contribution in [3.63, 3.8) is 0 Å². The lowest BCUT2D eigenvalue weighted by Crippen LogP contribution is -2.17. The molecule has 0 radical (unpaired) electrons. The van der Waals surface area contributed by atoms with Crippen molar-refractivity contribution in [1.29, 1.82) is 0 Å². The van der Waals surface area contributed by atoms with Crippen LogP contribution in [0.15, 0.2) is 24.3 Å². The number of nitrogens with one attached hydrogen (secondary N) is 2. The van der Waals surface area contributed by atoms with E-state index in [1.165, 1.54) is 0 Å². The number of nitrogens with zero attached hydrogens (tertiary/aromatic N) is 3. The Balaban J connectivity index is 2.47. The van der Waals surface area contributed by atoms with Gasteiger partial charge in [-0.3, -0.25) is 10.1 Å². The first-order valence-corrected chi connectivity index (χ1v) is 7.00. The lowest BCUT2D eigenvalue weighted by molar-refractivity contribution is -0.384. The lowest BCUT2D eigenvalue weighted by atomic mass is 10.2. The van der Waals surface area contributed by atoms with Gasteiger partial charge in [-0.1, -0.05) is 0 Å². The van der Waals surface area contributed by atoms with E-state index in [9.17, 15) is 27.7 Å². The molecule has 0 fully saturated rings. The summed E-state index contributed by atoms with van der Waals surface area (Å²) in [5.41, 5.74) is -2.06. The summed E-state index contributed by atoms with van der Waals surface area (Å²) >= 11 is 0. The summed E-state index contributed by atoms with van der Waals surface area (Å²) in [5.74, 6) is -1.46. The first kappa shape index (κ1) is 18.4. The molecular formula is C14H13F4N5O2. The Bertz CT molecular complexity index is 795. The van der Waals surface area contributed by atoms with Crippen molar-refractivity contribution in [2.75, 3.05) is 10.6 Å². The summed E-state index contributed by atoms with van der Waals surface area (Å²) in [6.07, 6.45) is -4.73. The molecular weight excluding hydrogens is 346 g/mol. The fraction of sp³-hybridized carbons (Fsp3) is 0.286. The van der Waals surface area contributed by atoms with Crippen molar-refractivity contribution in [3.05, 3.63) is 45.9 Å². The number of nitro benzene ring substituents is 1. The zero-order valence-electron chi connectivity index (χ0n) is 13.1. The fourth-order valence-corrected chi connectivity index (χ4v) is 1.88. The summed E-state index contributed by atoms with van der Waals surface area (Å²) in [5, 5.41) is 16.0. The molecule has 2 aromatic rings. The van der Waals surface area contributed by atoms with Crippen LogP contribution in [-0.4, -0.2) is 20.9 Å². The van der Waals surface area contributed by atoms with E-state index >= 15 is 0 Å². The number of hydrogen-bond donors (Lipinski definition) is 2. The molecule has 7 nitrogen and oxygen atoms in total. The predicted molar refractivity (Wildman–Crippen MR) is 82.1 cm³/mol. The summed E-state index contributed by atoms with van der Waals surface area (Å²) in [7, 11) is 0. The van der Waals surface area contributed by atoms with Crippen LogP contribution in [0.4, 0.5) is 40.7 Å². The average Bonchev–Trinajstić information content (AvgIpc) is 2.47. The molecule has 11 heteroatoms. The van der Waals surface area contributed by atoms with Crippen LogP contribution in [0.1, 0.15) is 19.5 Å². The van der Waals surface area contributed by atoms with Crippen LogP contribution in [0.2, 0.25) is 0 Å². The van der Waals surface area contributed by atoms with Gasteiger partial charge in [-0.15, -0.1) is 0 Å². The van der Waals surface area contributed by atoms with Gasteiger partial charge in [0.1, 0.15) is 17.3 Å². The number of alkyl halides is 3. The Hall–Kier alpha value is -2.98. The van der Waals surface area contributed by atoms with Crippen LogP contribution in [0, 0.1) is 15.9 Å². The van der Waals surface area contributed by atoms with Gasteiger partial charge in [-0.05, 0) is 26.0 Å². The van der Waals surface area contributed by atoms with Crippen LogP contribution in [0.5, 0.6) is 0 Å². The molecule has 2 N–H and O–H groups in total. The fourth-order valence-electron chi connectivity index (χ4n) is 1.88. The van der Waals surface area contributed by atoms with E-state index < -0.39 is 28.3 Å². The molecule has 0 saturated carbocycles. The Morgan fingerprint density at radius 3 is 2.44 bits per heavy atom. The van der Waals surface area contributed by atoms with Gasteiger partial charge in [0, 0.05) is 12.1 Å². The third-order valence-corrected chi connectivity index (χ3v) is 2.85. The molecule has 0 saturated heterocycles. The quantitative estimate of drug-likeness (QED) is 0.474. The van der Waals surface area contributed by atoms with Crippen molar-refractivity contribution in [2.45, 2.75) is 26.1 Å². The highest BCUT2D eigenvalue weighted by atomic mass is 19.4. The minimum atomic E-state index is -4.73.